The molecule has 0 aliphatic carbocycles. The van der Waals surface area contributed by atoms with Crippen LogP contribution in [0.3, 0.4) is 0 Å². The molecule has 0 rings (SSSR count). The molecule has 0 amide bonds. The third kappa shape index (κ3) is 6.46. The van der Waals surface area contributed by atoms with E-state index in [1.165, 1.54) is 0 Å². The standard InChI is InChI=1S/C13H30N2O/c1-7-8-15(13(5,6)11-14)9-10-16-12(2,3)4/h7-11,14H2,1-6H3. The van der Waals surface area contributed by atoms with Crippen LogP contribution in [0, 0.1) is 0 Å². The Morgan fingerprint density at radius 1 is 1.06 bits per heavy atom. The molecule has 0 aliphatic rings. The quantitative estimate of drug-likeness (QED) is 0.729. The van der Waals surface area contributed by atoms with E-state index in [4.69, 9.17) is 10.5 Å². The van der Waals surface area contributed by atoms with Gasteiger partial charge in [0.25, 0.3) is 0 Å². The van der Waals surface area contributed by atoms with Gasteiger partial charge in [-0.15, -0.1) is 0 Å². The van der Waals surface area contributed by atoms with Gasteiger partial charge in [0, 0.05) is 18.6 Å². The number of rotatable bonds is 7. The second kappa shape index (κ2) is 6.58. The van der Waals surface area contributed by atoms with Crippen molar-refractivity contribution in [2.75, 3.05) is 26.2 Å². The highest BCUT2D eigenvalue weighted by molar-refractivity contribution is 4.82. The van der Waals surface area contributed by atoms with Crippen LogP contribution < -0.4 is 5.73 Å². The Hall–Kier alpha value is -0.120. The maximum atomic E-state index is 5.81. The summed E-state index contributed by atoms with van der Waals surface area (Å²) < 4.78 is 5.76. The molecular weight excluding hydrogens is 200 g/mol. The fourth-order valence-corrected chi connectivity index (χ4v) is 1.58. The average molecular weight is 230 g/mol. The van der Waals surface area contributed by atoms with Crippen LogP contribution in [-0.2, 0) is 4.74 Å². The van der Waals surface area contributed by atoms with Gasteiger partial charge in [-0.2, -0.15) is 0 Å². The molecule has 0 aromatic rings. The third-order valence-electron chi connectivity index (χ3n) is 2.75. The van der Waals surface area contributed by atoms with E-state index < -0.39 is 0 Å². The highest BCUT2D eigenvalue weighted by Crippen LogP contribution is 2.14. The summed E-state index contributed by atoms with van der Waals surface area (Å²) in [5.74, 6) is 0. The van der Waals surface area contributed by atoms with Crippen molar-refractivity contribution in [3.05, 3.63) is 0 Å². The number of hydrogen-bond acceptors (Lipinski definition) is 3. The topological polar surface area (TPSA) is 38.5 Å². The molecule has 0 bridgehead atoms. The molecule has 0 saturated heterocycles. The molecule has 0 aromatic carbocycles. The number of nitrogens with zero attached hydrogens (tertiary/aromatic N) is 1. The molecule has 0 aromatic heterocycles. The van der Waals surface area contributed by atoms with Crippen LogP contribution >= 0.6 is 0 Å². The first kappa shape index (κ1) is 15.9. The van der Waals surface area contributed by atoms with Gasteiger partial charge in [0.05, 0.1) is 12.2 Å². The van der Waals surface area contributed by atoms with Crippen LogP contribution in [0.1, 0.15) is 48.0 Å². The van der Waals surface area contributed by atoms with Gasteiger partial charge >= 0.3 is 0 Å². The first-order valence-corrected chi connectivity index (χ1v) is 6.32. The SMILES string of the molecule is CCCN(CCOC(C)(C)C)C(C)(C)CN. The van der Waals surface area contributed by atoms with Crippen molar-refractivity contribution in [2.24, 2.45) is 5.73 Å². The lowest BCUT2D eigenvalue weighted by Crippen LogP contribution is -2.51. The Labute approximate surface area is 101 Å². The maximum absolute atomic E-state index is 5.81. The highest BCUT2D eigenvalue weighted by Gasteiger charge is 2.24. The largest absolute Gasteiger partial charge is 0.375 e. The van der Waals surface area contributed by atoms with Gasteiger partial charge < -0.3 is 10.5 Å². The molecule has 3 heteroatoms. The van der Waals surface area contributed by atoms with Crippen LogP contribution in [0.25, 0.3) is 0 Å². The summed E-state index contributed by atoms with van der Waals surface area (Å²) in [4.78, 5) is 2.42. The van der Waals surface area contributed by atoms with Gasteiger partial charge in [-0.1, -0.05) is 6.92 Å². The Kier molecular flexibility index (Phi) is 6.53. The summed E-state index contributed by atoms with van der Waals surface area (Å²) in [6.45, 7) is 16.3. The summed E-state index contributed by atoms with van der Waals surface area (Å²) in [7, 11) is 0. The van der Waals surface area contributed by atoms with E-state index in [0.29, 0.717) is 6.54 Å². The summed E-state index contributed by atoms with van der Waals surface area (Å²) in [6, 6.07) is 0. The fourth-order valence-electron chi connectivity index (χ4n) is 1.58. The summed E-state index contributed by atoms with van der Waals surface area (Å²) in [6.07, 6.45) is 1.15. The molecule has 0 saturated carbocycles. The van der Waals surface area contributed by atoms with Crippen molar-refractivity contribution in [2.45, 2.75) is 59.1 Å². The van der Waals surface area contributed by atoms with Crippen molar-refractivity contribution >= 4 is 0 Å². The van der Waals surface area contributed by atoms with E-state index in [2.05, 4.69) is 46.4 Å². The zero-order valence-corrected chi connectivity index (χ0v) is 12.0. The lowest BCUT2D eigenvalue weighted by molar-refractivity contribution is -0.0244. The van der Waals surface area contributed by atoms with Gasteiger partial charge in [0.15, 0.2) is 0 Å². The molecule has 0 radical (unpaired) electrons. The van der Waals surface area contributed by atoms with Gasteiger partial charge in [-0.25, -0.2) is 0 Å². The lowest BCUT2D eigenvalue weighted by Gasteiger charge is -2.38. The predicted molar refractivity (Wildman–Crippen MR) is 70.7 cm³/mol. The Bertz CT molecular complexity index is 185. The van der Waals surface area contributed by atoms with Crippen LogP contribution in [0.2, 0.25) is 0 Å². The minimum absolute atomic E-state index is 0.0509. The van der Waals surface area contributed by atoms with Crippen molar-refractivity contribution in [3.63, 3.8) is 0 Å². The Morgan fingerprint density at radius 3 is 2.00 bits per heavy atom. The van der Waals surface area contributed by atoms with E-state index in [1.807, 2.05) is 0 Å². The van der Waals surface area contributed by atoms with Gasteiger partial charge in [0.1, 0.15) is 0 Å². The van der Waals surface area contributed by atoms with E-state index >= 15 is 0 Å². The Morgan fingerprint density at radius 2 is 1.62 bits per heavy atom. The third-order valence-corrected chi connectivity index (χ3v) is 2.75. The molecule has 3 nitrogen and oxygen atoms in total. The summed E-state index contributed by atoms with van der Waals surface area (Å²) in [5, 5.41) is 0. The smallest absolute Gasteiger partial charge is 0.0600 e. The predicted octanol–water partition coefficient (Wildman–Crippen LogP) is 2.25. The van der Waals surface area contributed by atoms with Crippen LogP contribution in [0.4, 0.5) is 0 Å². The van der Waals surface area contributed by atoms with Gasteiger partial charge in [-0.05, 0) is 47.6 Å². The maximum Gasteiger partial charge on any atom is 0.0600 e. The Balaban J connectivity index is 4.14. The first-order chi connectivity index (χ1) is 7.23. The first-order valence-electron chi connectivity index (χ1n) is 6.32. The van der Waals surface area contributed by atoms with Crippen molar-refractivity contribution in [3.8, 4) is 0 Å². The van der Waals surface area contributed by atoms with Gasteiger partial charge in [-0.3, -0.25) is 4.90 Å². The fraction of sp³-hybridized carbons (Fsp3) is 1.00. The monoisotopic (exact) mass is 230 g/mol. The van der Waals surface area contributed by atoms with E-state index in [9.17, 15) is 0 Å². The lowest BCUT2D eigenvalue weighted by atomic mass is 10.0. The molecular formula is C13H30N2O. The van der Waals surface area contributed by atoms with Crippen LogP contribution in [0.15, 0.2) is 0 Å². The zero-order chi connectivity index (χ0) is 12.8. The normalized spacial score (nSPS) is 13.5. The van der Waals surface area contributed by atoms with Crippen LogP contribution in [0.5, 0.6) is 0 Å². The molecule has 0 atom stereocenters. The molecule has 0 spiro atoms. The number of nitrogens with two attached hydrogens (primary N) is 1. The molecule has 0 aliphatic heterocycles. The van der Waals surface area contributed by atoms with E-state index in [-0.39, 0.29) is 11.1 Å². The summed E-state index contributed by atoms with van der Waals surface area (Å²) >= 11 is 0. The second-order valence-corrected chi connectivity index (χ2v) is 5.96. The van der Waals surface area contributed by atoms with E-state index in [1.54, 1.807) is 0 Å². The second-order valence-electron chi connectivity index (χ2n) is 5.96. The van der Waals surface area contributed by atoms with E-state index in [0.717, 1.165) is 26.1 Å². The zero-order valence-electron chi connectivity index (χ0n) is 12.0. The average Bonchev–Trinajstić information content (AvgIpc) is 2.14. The molecule has 0 unspecified atom stereocenters. The van der Waals surface area contributed by atoms with Crippen molar-refractivity contribution < 1.29 is 4.74 Å². The van der Waals surface area contributed by atoms with Crippen molar-refractivity contribution in [1.82, 2.24) is 4.90 Å². The molecule has 0 fully saturated rings. The molecule has 0 heterocycles. The van der Waals surface area contributed by atoms with Crippen LogP contribution in [-0.4, -0.2) is 42.3 Å². The minimum Gasteiger partial charge on any atom is -0.375 e. The molecule has 16 heavy (non-hydrogen) atoms. The summed E-state index contributed by atoms with van der Waals surface area (Å²) in [5.41, 5.74) is 5.83. The van der Waals surface area contributed by atoms with Crippen molar-refractivity contribution in [1.29, 1.82) is 0 Å². The number of hydrogen-bond donors (Lipinski definition) is 1. The van der Waals surface area contributed by atoms with Gasteiger partial charge in [0.2, 0.25) is 0 Å². The molecule has 98 valence electrons. The number of ether oxygens (including phenoxy) is 1. The highest BCUT2D eigenvalue weighted by atomic mass is 16.5. The molecule has 2 N–H and O–H groups in total. The minimum atomic E-state index is -0.0509.